The third-order valence-corrected chi connectivity index (χ3v) is 5.76. The second-order valence-corrected chi connectivity index (χ2v) is 8.06. The molecule has 0 amide bonds. The summed E-state index contributed by atoms with van der Waals surface area (Å²) in [6.45, 7) is 0. The normalized spacial score (nSPS) is 23.3. The van der Waals surface area contributed by atoms with Gasteiger partial charge < -0.3 is 15.7 Å². The van der Waals surface area contributed by atoms with Gasteiger partial charge in [-0.25, -0.2) is 15.0 Å². The molecule has 0 spiro atoms. The Bertz CT molecular complexity index is 1060. The van der Waals surface area contributed by atoms with Crippen molar-refractivity contribution in [3.8, 4) is 5.69 Å². The zero-order chi connectivity index (χ0) is 20.5. The lowest BCUT2D eigenvalue weighted by molar-refractivity contribution is 0.171. The van der Waals surface area contributed by atoms with E-state index >= 15 is 0 Å². The quantitative estimate of drug-likeness (QED) is 0.579. The molecule has 154 valence electrons. The van der Waals surface area contributed by atoms with E-state index in [1.807, 2.05) is 24.5 Å². The minimum absolute atomic E-state index is 0.0893. The lowest BCUT2D eigenvalue weighted by Crippen LogP contribution is -2.28. The van der Waals surface area contributed by atoms with Gasteiger partial charge in [0, 0.05) is 30.7 Å². The Morgan fingerprint density at radius 1 is 0.967 bits per heavy atom. The van der Waals surface area contributed by atoms with E-state index in [1.165, 1.54) is 29.0 Å². The summed E-state index contributed by atoms with van der Waals surface area (Å²) in [6, 6.07) is 8.65. The van der Waals surface area contributed by atoms with Crippen LogP contribution in [0.1, 0.15) is 37.2 Å². The lowest BCUT2D eigenvalue weighted by Gasteiger charge is -2.17. The molecule has 3 aromatic rings. The first kappa shape index (κ1) is 18.7. The standard InChI is InChI=1S/C22H24N6O2/c29-19-10-16(26-22-24-11-15(12-25-22)14-4-5-14)9-18(19)27-20-7-6-17(13-23-20)28-8-2-1-3-21(28)30/h1-3,6-8,11-14,16,18-19,29H,4-5,9-10H2,(H,23,27)(H,24,25,26)/t16-,18-,19+/m0/s1. The topological polar surface area (TPSA) is 105 Å². The van der Waals surface area contributed by atoms with Gasteiger partial charge in [-0.15, -0.1) is 0 Å². The summed E-state index contributed by atoms with van der Waals surface area (Å²) in [7, 11) is 0. The summed E-state index contributed by atoms with van der Waals surface area (Å²) in [4.78, 5) is 25.2. The summed E-state index contributed by atoms with van der Waals surface area (Å²) in [6.07, 6.45) is 10.5. The highest BCUT2D eigenvalue weighted by Gasteiger charge is 2.33. The number of hydrogen-bond donors (Lipinski definition) is 3. The molecule has 0 bridgehead atoms. The Hall–Kier alpha value is -3.26. The maximum Gasteiger partial charge on any atom is 0.255 e. The number of pyridine rings is 2. The zero-order valence-corrected chi connectivity index (χ0v) is 16.5. The van der Waals surface area contributed by atoms with Gasteiger partial charge in [-0.2, -0.15) is 0 Å². The highest BCUT2D eigenvalue weighted by Crippen LogP contribution is 2.39. The first-order chi connectivity index (χ1) is 14.7. The molecule has 2 fully saturated rings. The summed E-state index contributed by atoms with van der Waals surface area (Å²) in [5, 5.41) is 17.1. The van der Waals surface area contributed by atoms with Crippen molar-refractivity contribution in [3.05, 3.63) is 71.0 Å². The van der Waals surface area contributed by atoms with E-state index < -0.39 is 6.10 Å². The molecule has 0 saturated heterocycles. The molecule has 0 aliphatic heterocycles. The van der Waals surface area contributed by atoms with Crippen LogP contribution in [0.2, 0.25) is 0 Å². The Labute approximate surface area is 174 Å². The molecule has 0 radical (unpaired) electrons. The predicted octanol–water partition coefficient (Wildman–Crippen LogP) is 2.32. The summed E-state index contributed by atoms with van der Waals surface area (Å²) in [5.74, 6) is 1.91. The fourth-order valence-electron chi connectivity index (χ4n) is 3.96. The fraction of sp³-hybridized carbons (Fsp3) is 0.364. The Kier molecular flexibility index (Phi) is 4.92. The molecule has 2 saturated carbocycles. The lowest BCUT2D eigenvalue weighted by atomic mass is 10.2. The van der Waals surface area contributed by atoms with Crippen LogP contribution in [0.25, 0.3) is 5.69 Å². The summed E-state index contributed by atoms with van der Waals surface area (Å²) in [5.41, 5.74) is 1.80. The number of hydrogen-bond acceptors (Lipinski definition) is 7. The van der Waals surface area contributed by atoms with Gasteiger partial charge in [-0.1, -0.05) is 6.07 Å². The average Bonchev–Trinajstić information content (AvgIpc) is 3.55. The molecule has 3 N–H and O–H groups in total. The molecule has 8 heteroatoms. The van der Waals surface area contributed by atoms with Crippen LogP contribution in [0.15, 0.2) is 59.9 Å². The van der Waals surface area contributed by atoms with Crippen LogP contribution < -0.4 is 16.2 Å². The summed E-state index contributed by atoms with van der Waals surface area (Å²) >= 11 is 0. The molecule has 8 nitrogen and oxygen atoms in total. The SMILES string of the molecule is O=c1ccccn1-c1ccc(N[C@H]2C[C@H](Nc3ncc(C4CC4)cn3)C[C@H]2O)nc1. The average molecular weight is 404 g/mol. The summed E-state index contributed by atoms with van der Waals surface area (Å²) < 4.78 is 1.54. The van der Waals surface area contributed by atoms with E-state index in [0.717, 1.165) is 6.42 Å². The molecule has 2 aliphatic rings. The number of nitrogens with zero attached hydrogens (tertiary/aromatic N) is 4. The molecule has 3 heterocycles. The van der Waals surface area contributed by atoms with Crippen LogP contribution in [0.3, 0.4) is 0 Å². The van der Waals surface area contributed by atoms with Crippen molar-refractivity contribution in [2.24, 2.45) is 0 Å². The van der Waals surface area contributed by atoms with Crippen molar-refractivity contribution in [2.75, 3.05) is 10.6 Å². The first-order valence-corrected chi connectivity index (χ1v) is 10.3. The third-order valence-electron chi connectivity index (χ3n) is 5.76. The number of nitrogens with one attached hydrogen (secondary N) is 2. The number of aromatic nitrogens is 4. The van der Waals surface area contributed by atoms with Gasteiger partial charge in [0.2, 0.25) is 5.95 Å². The van der Waals surface area contributed by atoms with E-state index in [2.05, 4.69) is 25.6 Å². The van der Waals surface area contributed by atoms with Gasteiger partial charge in [0.05, 0.1) is 24.0 Å². The van der Waals surface area contributed by atoms with Gasteiger partial charge in [-0.3, -0.25) is 9.36 Å². The maximum atomic E-state index is 11.9. The van der Waals surface area contributed by atoms with Crippen molar-refractivity contribution in [2.45, 2.75) is 49.8 Å². The molecule has 0 unspecified atom stereocenters. The maximum absolute atomic E-state index is 11.9. The highest BCUT2D eigenvalue weighted by molar-refractivity contribution is 5.42. The van der Waals surface area contributed by atoms with E-state index in [-0.39, 0.29) is 17.6 Å². The van der Waals surface area contributed by atoms with Crippen LogP contribution in [-0.4, -0.2) is 42.8 Å². The molecule has 3 aromatic heterocycles. The largest absolute Gasteiger partial charge is 0.391 e. The van der Waals surface area contributed by atoms with Gasteiger partial charge in [0.1, 0.15) is 5.82 Å². The number of anilines is 2. The fourth-order valence-corrected chi connectivity index (χ4v) is 3.96. The van der Waals surface area contributed by atoms with E-state index in [0.29, 0.717) is 29.8 Å². The van der Waals surface area contributed by atoms with Crippen LogP contribution >= 0.6 is 0 Å². The van der Waals surface area contributed by atoms with Crippen molar-refractivity contribution in [1.29, 1.82) is 0 Å². The molecule has 3 atom stereocenters. The minimum Gasteiger partial charge on any atom is -0.391 e. The minimum atomic E-state index is -0.494. The highest BCUT2D eigenvalue weighted by atomic mass is 16.3. The van der Waals surface area contributed by atoms with E-state index in [1.54, 1.807) is 24.5 Å². The van der Waals surface area contributed by atoms with Crippen molar-refractivity contribution in [3.63, 3.8) is 0 Å². The van der Waals surface area contributed by atoms with Gasteiger partial charge >= 0.3 is 0 Å². The van der Waals surface area contributed by atoms with Crippen molar-refractivity contribution in [1.82, 2.24) is 19.5 Å². The molecule has 30 heavy (non-hydrogen) atoms. The molecular weight excluding hydrogens is 380 g/mol. The molecular formula is C22H24N6O2. The number of aliphatic hydroxyl groups excluding tert-OH is 1. The van der Waals surface area contributed by atoms with Crippen LogP contribution in [-0.2, 0) is 0 Å². The molecule has 5 rings (SSSR count). The molecule has 2 aliphatic carbocycles. The van der Waals surface area contributed by atoms with Crippen LogP contribution in [0.4, 0.5) is 11.8 Å². The second kappa shape index (κ2) is 7.87. The van der Waals surface area contributed by atoms with Crippen LogP contribution in [0.5, 0.6) is 0 Å². The number of rotatable bonds is 6. The Balaban J connectivity index is 1.20. The van der Waals surface area contributed by atoms with Crippen LogP contribution in [0, 0.1) is 0 Å². The third kappa shape index (κ3) is 4.04. The smallest absolute Gasteiger partial charge is 0.255 e. The monoisotopic (exact) mass is 404 g/mol. The van der Waals surface area contributed by atoms with Gasteiger partial charge in [-0.05, 0) is 55.4 Å². The molecule has 0 aromatic carbocycles. The van der Waals surface area contributed by atoms with E-state index in [4.69, 9.17) is 0 Å². The van der Waals surface area contributed by atoms with Crippen molar-refractivity contribution >= 4 is 11.8 Å². The Morgan fingerprint density at radius 2 is 1.80 bits per heavy atom. The Morgan fingerprint density at radius 3 is 2.50 bits per heavy atom. The van der Waals surface area contributed by atoms with E-state index in [9.17, 15) is 9.90 Å². The van der Waals surface area contributed by atoms with Gasteiger partial charge in [0.25, 0.3) is 5.56 Å². The number of aliphatic hydroxyl groups is 1. The van der Waals surface area contributed by atoms with Gasteiger partial charge in [0.15, 0.2) is 0 Å². The first-order valence-electron chi connectivity index (χ1n) is 10.3. The predicted molar refractivity (Wildman–Crippen MR) is 114 cm³/mol. The van der Waals surface area contributed by atoms with Crippen molar-refractivity contribution < 1.29 is 5.11 Å². The zero-order valence-electron chi connectivity index (χ0n) is 16.5. The second-order valence-electron chi connectivity index (χ2n) is 8.06.